The molecule has 1 saturated carbocycles. The van der Waals surface area contributed by atoms with Gasteiger partial charge in [0.15, 0.2) is 0 Å². The molecule has 3 N–H and O–H groups in total. The first-order chi connectivity index (χ1) is 9.17. The van der Waals surface area contributed by atoms with Crippen molar-refractivity contribution in [3.8, 4) is 0 Å². The largest absolute Gasteiger partial charge is 0.271 e. The first-order valence-electron chi connectivity index (χ1n) is 7.35. The summed E-state index contributed by atoms with van der Waals surface area (Å²) in [4.78, 5) is 0. The number of nitrogens with two attached hydrogens (primary N) is 1. The molecular weight excluding hydrogens is 304 g/mol. The van der Waals surface area contributed by atoms with E-state index in [1.165, 1.54) is 37.8 Å². The Hall–Kier alpha value is -0.390. The highest BCUT2D eigenvalue weighted by Gasteiger charge is 2.25. The third kappa shape index (κ3) is 3.38. The third-order valence-electron chi connectivity index (χ3n) is 4.30. The molecule has 1 aromatic heterocycles. The van der Waals surface area contributed by atoms with Gasteiger partial charge in [0.25, 0.3) is 0 Å². The first-order valence-corrected chi connectivity index (χ1v) is 8.14. The number of hydrazine groups is 1. The van der Waals surface area contributed by atoms with Crippen molar-refractivity contribution < 1.29 is 0 Å². The molecule has 0 aromatic carbocycles. The van der Waals surface area contributed by atoms with Crippen LogP contribution in [-0.2, 0) is 13.0 Å². The van der Waals surface area contributed by atoms with Gasteiger partial charge < -0.3 is 0 Å². The van der Waals surface area contributed by atoms with Crippen molar-refractivity contribution in [2.45, 2.75) is 65.0 Å². The van der Waals surface area contributed by atoms with Crippen LogP contribution in [0.1, 0.15) is 50.4 Å². The van der Waals surface area contributed by atoms with E-state index in [0.29, 0.717) is 12.0 Å². The molecule has 1 aliphatic rings. The van der Waals surface area contributed by atoms with Crippen LogP contribution in [0.25, 0.3) is 0 Å². The van der Waals surface area contributed by atoms with E-state index in [2.05, 4.69) is 38.1 Å². The van der Waals surface area contributed by atoms with Crippen molar-refractivity contribution in [1.29, 1.82) is 0 Å². The van der Waals surface area contributed by atoms with Gasteiger partial charge in [0, 0.05) is 19.0 Å². The molecule has 1 atom stereocenters. The van der Waals surface area contributed by atoms with E-state index in [1.807, 2.05) is 6.92 Å². The summed E-state index contributed by atoms with van der Waals surface area (Å²) in [6.07, 6.45) is 7.61. The average molecular weight is 329 g/mol. The predicted octanol–water partition coefficient (Wildman–Crippen LogP) is 2.93. The number of aryl methyl sites for hydroxylation is 2. The zero-order chi connectivity index (χ0) is 13.8. The van der Waals surface area contributed by atoms with Crippen molar-refractivity contribution in [1.82, 2.24) is 15.2 Å². The Labute approximate surface area is 124 Å². The summed E-state index contributed by atoms with van der Waals surface area (Å²) in [6.45, 7) is 5.09. The van der Waals surface area contributed by atoms with Crippen LogP contribution in [-0.4, -0.2) is 15.8 Å². The van der Waals surface area contributed by atoms with E-state index in [-0.39, 0.29) is 0 Å². The van der Waals surface area contributed by atoms with Crippen LogP contribution in [0.2, 0.25) is 0 Å². The number of halogens is 1. The molecule has 0 aliphatic heterocycles. The normalized spacial score (nSPS) is 18.7. The Balaban J connectivity index is 2.13. The van der Waals surface area contributed by atoms with Crippen LogP contribution in [0.4, 0.5) is 0 Å². The summed E-state index contributed by atoms with van der Waals surface area (Å²) in [7, 11) is 0. The van der Waals surface area contributed by atoms with Crippen LogP contribution in [0.3, 0.4) is 0 Å². The fraction of sp³-hybridized carbons (Fsp3) is 0.786. The van der Waals surface area contributed by atoms with Crippen molar-refractivity contribution in [3.63, 3.8) is 0 Å². The fourth-order valence-corrected chi connectivity index (χ4v) is 3.62. The second-order valence-electron chi connectivity index (χ2n) is 5.54. The molecule has 1 aromatic rings. The van der Waals surface area contributed by atoms with Crippen molar-refractivity contribution in [2.75, 3.05) is 0 Å². The highest BCUT2D eigenvalue weighted by molar-refractivity contribution is 9.10. The summed E-state index contributed by atoms with van der Waals surface area (Å²) in [5.41, 5.74) is 5.38. The Bertz CT molecular complexity index is 410. The van der Waals surface area contributed by atoms with E-state index >= 15 is 0 Å². The summed E-state index contributed by atoms with van der Waals surface area (Å²) in [5, 5.41) is 4.56. The topological polar surface area (TPSA) is 55.9 Å². The van der Waals surface area contributed by atoms with E-state index < -0.39 is 0 Å². The van der Waals surface area contributed by atoms with Gasteiger partial charge in [0.1, 0.15) is 0 Å². The van der Waals surface area contributed by atoms with Crippen LogP contribution in [0.15, 0.2) is 4.47 Å². The molecule has 0 saturated heterocycles. The molecule has 5 heteroatoms. The van der Waals surface area contributed by atoms with E-state index in [4.69, 9.17) is 5.84 Å². The van der Waals surface area contributed by atoms with Gasteiger partial charge in [-0.15, -0.1) is 0 Å². The van der Waals surface area contributed by atoms with Gasteiger partial charge in [0.2, 0.25) is 0 Å². The molecule has 0 bridgehead atoms. The highest BCUT2D eigenvalue weighted by atomic mass is 79.9. The zero-order valence-corrected chi connectivity index (χ0v) is 13.5. The SMILES string of the molecule is CCn1nc(C)c(Br)c1CC(NN)C1CCCCC1. The molecule has 1 fully saturated rings. The Morgan fingerprint density at radius 3 is 2.68 bits per heavy atom. The van der Waals surface area contributed by atoms with Crippen molar-refractivity contribution >= 4 is 15.9 Å². The second kappa shape index (κ2) is 6.86. The van der Waals surface area contributed by atoms with Crippen molar-refractivity contribution in [2.24, 2.45) is 11.8 Å². The monoisotopic (exact) mass is 328 g/mol. The molecule has 1 unspecified atom stereocenters. The van der Waals surface area contributed by atoms with Crippen molar-refractivity contribution in [3.05, 3.63) is 15.9 Å². The molecule has 19 heavy (non-hydrogen) atoms. The first kappa shape index (κ1) is 15.0. The van der Waals surface area contributed by atoms with Gasteiger partial charge in [-0.2, -0.15) is 5.10 Å². The second-order valence-corrected chi connectivity index (χ2v) is 6.33. The van der Waals surface area contributed by atoms with Gasteiger partial charge in [-0.25, -0.2) is 0 Å². The summed E-state index contributed by atoms with van der Waals surface area (Å²) < 4.78 is 3.23. The van der Waals surface area contributed by atoms with Crippen LogP contribution in [0, 0.1) is 12.8 Å². The fourth-order valence-electron chi connectivity index (χ4n) is 3.17. The smallest absolute Gasteiger partial charge is 0.0738 e. The third-order valence-corrected chi connectivity index (χ3v) is 5.33. The lowest BCUT2D eigenvalue weighted by atomic mass is 9.82. The van der Waals surface area contributed by atoms with Crippen LogP contribution in [0.5, 0.6) is 0 Å². The minimum atomic E-state index is 0.359. The van der Waals surface area contributed by atoms with Gasteiger partial charge in [0.05, 0.1) is 15.9 Å². The molecule has 108 valence electrons. The molecule has 0 amide bonds. The van der Waals surface area contributed by atoms with E-state index in [1.54, 1.807) is 0 Å². The summed E-state index contributed by atoms with van der Waals surface area (Å²) >= 11 is 3.67. The highest BCUT2D eigenvalue weighted by Crippen LogP contribution is 2.30. The van der Waals surface area contributed by atoms with E-state index in [0.717, 1.165) is 23.1 Å². The Kier molecular flexibility index (Phi) is 5.42. The zero-order valence-electron chi connectivity index (χ0n) is 12.0. The molecular formula is C14H25BrN4. The minimum absolute atomic E-state index is 0.359. The Morgan fingerprint density at radius 1 is 1.42 bits per heavy atom. The lowest BCUT2D eigenvalue weighted by Gasteiger charge is -2.30. The molecule has 2 rings (SSSR count). The van der Waals surface area contributed by atoms with E-state index in [9.17, 15) is 0 Å². The molecule has 1 aliphatic carbocycles. The number of hydrogen-bond acceptors (Lipinski definition) is 3. The average Bonchev–Trinajstić information content (AvgIpc) is 2.72. The van der Waals surface area contributed by atoms with Gasteiger partial charge in [-0.1, -0.05) is 19.3 Å². The van der Waals surface area contributed by atoms with Gasteiger partial charge in [-0.3, -0.25) is 16.0 Å². The standard InChI is InChI=1S/C14H25BrN4/c1-3-19-13(14(15)10(2)18-19)9-12(17-16)11-7-5-4-6-8-11/h11-12,17H,3-9,16H2,1-2H3. The summed E-state index contributed by atoms with van der Waals surface area (Å²) in [5.74, 6) is 6.51. The minimum Gasteiger partial charge on any atom is -0.271 e. The van der Waals surface area contributed by atoms with Gasteiger partial charge >= 0.3 is 0 Å². The number of hydrogen-bond donors (Lipinski definition) is 2. The number of aromatic nitrogens is 2. The van der Waals surface area contributed by atoms with Crippen LogP contribution >= 0.6 is 15.9 Å². The van der Waals surface area contributed by atoms with Gasteiger partial charge in [-0.05, 0) is 48.5 Å². The molecule has 0 radical (unpaired) electrons. The molecule has 4 nitrogen and oxygen atoms in total. The maximum atomic E-state index is 5.80. The maximum Gasteiger partial charge on any atom is 0.0738 e. The number of rotatable bonds is 5. The summed E-state index contributed by atoms with van der Waals surface area (Å²) in [6, 6.07) is 0.359. The maximum absolute atomic E-state index is 5.80. The molecule has 1 heterocycles. The number of nitrogens with one attached hydrogen (secondary N) is 1. The van der Waals surface area contributed by atoms with Crippen LogP contribution < -0.4 is 11.3 Å². The Morgan fingerprint density at radius 2 is 2.11 bits per heavy atom. The molecule has 0 spiro atoms. The lowest BCUT2D eigenvalue weighted by molar-refractivity contribution is 0.265. The quantitative estimate of drug-likeness (QED) is 0.645. The lowest BCUT2D eigenvalue weighted by Crippen LogP contribution is -2.43. The predicted molar refractivity (Wildman–Crippen MR) is 81.7 cm³/mol. The number of nitrogens with zero attached hydrogens (tertiary/aromatic N) is 2.